The molecule has 0 fully saturated rings. The second kappa shape index (κ2) is 3.91. The number of rotatable bonds is 2. The monoisotopic (exact) mass is 180 g/mol. The van der Waals surface area contributed by atoms with Crippen LogP contribution in [0.25, 0.3) is 0 Å². The van der Waals surface area contributed by atoms with Crippen LogP contribution in [0.5, 0.6) is 5.75 Å². The van der Waals surface area contributed by atoms with E-state index in [-0.39, 0.29) is 23.8 Å². The average Bonchev–Trinajstić information content (AvgIpc) is 2.17. The Labute approximate surface area is 76.4 Å². The van der Waals surface area contributed by atoms with E-state index in [1.807, 2.05) is 0 Å². The molecule has 0 bridgehead atoms. The van der Waals surface area contributed by atoms with Gasteiger partial charge in [-0.05, 0) is 6.07 Å². The number of carbonyl (C=O) groups excluding carboxylic acids is 1. The third-order valence-electron chi connectivity index (χ3n) is 1.81. The van der Waals surface area contributed by atoms with Crippen molar-refractivity contribution in [2.75, 3.05) is 7.05 Å². The number of aromatic hydroxyl groups is 1. The molecule has 0 saturated carbocycles. The van der Waals surface area contributed by atoms with Gasteiger partial charge >= 0.3 is 0 Å². The van der Waals surface area contributed by atoms with Gasteiger partial charge in [0.2, 0.25) is 0 Å². The van der Waals surface area contributed by atoms with Crippen LogP contribution in [0.15, 0.2) is 18.2 Å². The minimum Gasteiger partial charge on any atom is -0.507 e. The molecule has 1 aromatic carbocycles. The molecule has 0 radical (unpaired) electrons. The van der Waals surface area contributed by atoms with Crippen LogP contribution in [-0.2, 0) is 6.54 Å². The molecular weight excluding hydrogens is 168 g/mol. The van der Waals surface area contributed by atoms with Crippen LogP contribution in [0.4, 0.5) is 0 Å². The second-order valence-electron chi connectivity index (χ2n) is 2.60. The number of amides is 1. The summed E-state index contributed by atoms with van der Waals surface area (Å²) >= 11 is 0. The lowest BCUT2D eigenvalue weighted by atomic mass is 10.1. The molecule has 0 aliphatic carbocycles. The first kappa shape index (κ1) is 9.54. The number of para-hydroxylation sites is 1. The van der Waals surface area contributed by atoms with Crippen LogP contribution >= 0.6 is 0 Å². The lowest BCUT2D eigenvalue weighted by Gasteiger charge is -2.06. The smallest absolute Gasteiger partial charge is 0.254 e. The third kappa shape index (κ3) is 1.78. The number of hydrogen-bond acceptors (Lipinski definition) is 3. The summed E-state index contributed by atoms with van der Waals surface area (Å²) in [5, 5.41) is 12.0. The van der Waals surface area contributed by atoms with Crippen molar-refractivity contribution in [2.24, 2.45) is 5.73 Å². The van der Waals surface area contributed by atoms with Gasteiger partial charge in [0.1, 0.15) is 5.75 Å². The maximum absolute atomic E-state index is 11.2. The van der Waals surface area contributed by atoms with Crippen molar-refractivity contribution in [1.29, 1.82) is 0 Å². The number of hydrogen-bond donors (Lipinski definition) is 3. The summed E-state index contributed by atoms with van der Waals surface area (Å²) in [6.45, 7) is 0.219. The predicted octanol–water partition coefficient (Wildman–Crippen LogP) is 0.211. The van der Waals surface area contributed by atoms with Gasteiger partial charge in [-0.25, -0.2) is 0 Å². The SMILES string of the molecule is CNC(=O)c1cccc(CN)c1O. The second-order valence-corrected chi connectivity index (χ2v) is 2.60. The molecule has 0 aliphatic heterocycles. The zero-order valence-electron chi connectivity index (χ0n) is 7.37. The fourth-order valence-corrected chi connectivity index (χ4v) is 1.07. The van der Waals surface area contributed by atoms with E-state index in [0.29, 0.717) is 5.56 Å². The lowest BCUT2D eigenvalue weighted by Crippen LogP contribution is -2.18. The van der Waals surface area contributed by atoms with E-state index >= 15 is 0 Å². The maximum atomic E-state index is 11.2. The van der Waals surface area contributed by atoms with Crippen molar-refractivity contribution in [1.82, 2.24) is 5.32 Å². The fraction of sp³-hybridized carbons (Fsp3) is 0.222. The minimum absolute atomic E-state index is 0.0376. The third-order valence-corrected chi connectivity index (χ3v) is 1.81. The first-order valence-electron chi connectivity index (χ1n) is 3.93. The van der Waals surface area contributed by atoms with Gasteiger partial charge in [0, 0.05) is 19.2 Å². The Kier molecular flexibility index (Phi) is 2.87. The number of benzene rings is 1. The highest BCUT2D eigenvalue weighted by atomic mass is 16.3. The molecule has 4 heteroatoms. The zero-order chi connectivity index (χ0) is 9.84. The zero-order valence-corrected chi connectivity index (χ0v) is 7.37. The molecular formula is C9H12N2O2. The molecule has 13 heavy (non-hydrogen) atoms. The largest absolute Gasteiger partial charge is 0.507 e. The van der Waals surface area contributed by atoms with E-state index in [1.165, 1.54) is 7.05 Å². The molecule has 1 aromatic rings. The summed E-state index contributed by atoms with van der Waals surface area (Å²) in [6, 6.07) is 4.92. The standard InChI is InChI=1S/C9H12N2O2/c1-11-9(13)7-4-2-3-6(5-10)8(7)12/h2-4,12H,5,10H2,1H3,(H,11,13). The van der Waals surface area contributed by atoms with Gasteiger partial charge in [-0.15, -0.1) is 0 Å². The van der Waals surface area contributed by atoms with Gasteiger partial charge in [-0.3, -0.25) is 4.79 Å². The normalized spacial score (nSPS) is 9.69. The number of nitrogens with one attached hydrogen (secondary N) is 1. The average molecular weight is 180 g/mol. The molecule has 0 aliphatic rings. The summed E-state index contributed by atoms with van der Waals surface area (Å²) in [4.78, 5) is 11.2. The Hall–Kier alpha value is -1.55. The van der Waals surface area contributed by atoms with Crippen LogP contribution in [0.2, 0.25) is 0 Å². The van der Waals surface area contributed by atoms with Crippen LogP contribution in [0, 0.1) is 0 Å². The van der Waals surface area contributed by atoms with E-state index < -0.39 is 0 Å². The van der Waals surface area contributed by atoms with Crippen molar-refractivity contribution in [3.05, 3.63) is 29.3 Å². The first-order chi connectivity index (χ1) is 6.20. The van der Waals surface area contributed by atoms with E-state index in [9.17, 15) is 9.90 Å². The summed E-state index contributed by atoms with van der Waals surface area (Å²) < 4.78 is 0. The van der Waals surface area contributed by atoms with Crippen LogP contribution in [0.1, 0.15) is 15.9 Å². The molecule has 0 saturated heterocycles. The molecule has 0 atom stereocenters. The van der Waals surface area contributed by atoms with Gasteiger partial charge in [0.15, 0.2) is 0 Å². The van der Waals surface area contributed by atoms with Crippen molar-refractivity contribution >= 4 is 5.91 Å². The van der Waals surface area contributed by atoms with Crippen molar-refractivity contribution in [2.45, 2.75) is 6.54 Å². The Balaban J connectivity index is 3.15. The van der Waals surface area contributed by atoms with E-state index in [0.717, 1.165) is 0 Å². The molecule has 4 nitrogen and oxygen atoms in total. The molecule has 0 heterocycles. The topological polar surface area (TPSA) is 75.4 Å². The van der Waals surface area contributed by atoms with Crippen molar-refractivity contribution in [3.8, 4) is 5.75 Å². The van der Waals surface area contributed by atoms with Crippen LogP contribution in [-0.4, -0.2) is 18.1 Å². The molecule has 4 N–H and O–H groups in total. The first-order valence-corrected chi connectivity index (χ1v) is 3.93. The minimum atomic E-state index is -0.312. The van der Waals surface area contributed by atoms with Crippen LogP contribution < -0.4 is 11.1 Å². The maximum Gasteiger partial charge on any atom is 0.254 e. The Morgan fingerprint density at radius 3 is 2.85 bits per heavy atom. The molecule has 0 aromatic heterocycles. The van der Waals surface area contributed by atoms with Gasteiger partial charge in [-0.2, -0.15) is 0 Å². The van der Waals surface area contributed by atoms with Crippen molar-refractivity contribution < 1.29 is 9.90 Å². The summed E-state index contributed by atoms with van der Waals surface area (Å²) in [6.07, 6.45) is 0. The highest BCUT2D eigenvalue weighted by Crippen LogP contribution is 2.21. The Morgan fingerprint density at radius 2 is 2.31 bits per heavy atom. The van der Waals surface area contributed by atoms with Gasteiger partial charge in [0.25, 0.3) is 5.91 Å². The molecule has 0 unspecified atom stereocenters. The molecule has 0 spiro atoms. The molecule has 70 valence electrons. The Morgan fingerprint density at radius 1 is 1.62 bits per heavy atom. The summed E-state index contributed by atoms with van der Waals surface area (Å²) in [5.74, 6) is -0.350. The summed E-state index contributed by atoms with van der Waals surface area (Å²) in [5.41, 5.74) is 6.19. The number of nitrogens with two attached hydrogens (primary N) is 1. The fourth-order valence-electron chi connectivity index (χ4n) is 1.07. The predicted molar refractivity (Wildman–Crippen MR) is 49.4 cm³/mol. The van der Waals surface area contributed by atoms with Gasteiger partial charge in [0.05, 0.1) is 5.56 Å². The number of phenolic OH excluding ortho intramolecular Hbond substituents is 1. The van der Waals surface area contributed by atoms with Gasteiger partial charge < -0.3 is 16.2 Å². The molecule has 1 amide bonds. The van der Waals surface area contributed by atoms with E-state index in [4.69, 9.17) is 5.73 Å². The molecule has 1 rings (SSSR count). The highest BCUT2D eigenvalue weighted by Gasteiger charge is 2.11. The Bertz CT molecular complexity index is 323. The van der Waals surface area contributed by atoms with Crippen molar-refractivity contribution in [3.63, 3.8) is 0 Å². The van der Waals surface area contributed by atoms with E-state index in [1.54, 1.807) is 18.2 Å². The van der Waals surface area contributed by atoms with Gasteiger partial charge in [-0.1, -0.05) is 12.1 Å². The highest BCUT2D eigenvalue weighted by molar-refractivity contribution is 5.96. The quantitative estimate of drug-likeness (QED) is 0.609. The number of carbonyl (C=O) groups is 1. The summed E-state index contributed by atoms with van der Waals surface area (Å²) in [7, 11) is 1.51. The van der Waals surface area contributed by atoms with E-state index in [2.05, 4.69) is 5.32 Å². The van der Waals surface area contributed by atoms with Crippen LogP contribution in [0.3, 0.4) is 0 Å². The lowest BCUT2D eigenvalue weighted by molar-refractivity contribution is 0.0960. The number of phenols is 1.